The van der Waals surface area contributed by atoms with Crippen molar-refractivity contribution < 1.29 is 0 Å². The Kier molecular flexibility index (Phi) is 6.55. The summed E-state index contributed by atoms with van der Waals surface area (Å²) in [7, 11) is 0. The van der Waals surface area contributed by atoms with Crippen LogP contribution in [0.25, 0.3) is 54.9 Å². The molecule has 228 valence electrons. The molecule has 8 aromatic carbocycles. The Morgan fingerprint density at radius 1 is 0.354 bits per heavy atom. The van der Waals surface area contributed by atoms with E-state index in [1.165, 1.54) is 66.1 Å². The van der Waals surface area contributed by atoms with Crippen LogP contribution in [0.2, 0.25) is 0 Å². The Bertz CT molecular complexity index is 2470. The van der Waals surface area contributed by atoms with Crippen LogP contribution >= 0.6 is 0 Å². The average molecular weight is 614 g/mol. The predicted molar refractivity (Wildman–Crippen MR) is 205 cm³/mol. The van der Waals surface area contributed by atoms with Gasteiger partial charge < -0.3 is 4.90 Å². The van der Waals surface area contributed by atoms with Gasteiger partial charge in [-0.25, -0.2) is 0 Å². The minimum Gasteiger partial charge on any atom is -0.310 e. The molecule has 0 fully saturated rings. The first kappa shape index (κ1) is 28.3. The maximum absolute atomic E-state index is 2.37. The van der Waals surface area contributed by atoms with Gasteiger partial charge in [-0.1, -0.05) is 147 Å². The van der Waals surface area contributed by atoms with E-state index in [-0.39, 0.29) is 5.41 Å². The van der Waals surface area contributed by atoms with Gasteiger partial charge >= 0.3 is 0 Å². The summed E-state index contributed by atoms with van der Waals surface area (Å²) in [6, 6.07) is 64.4. The van der Waals surface area contributed by atoms with Crippen LogP contribution in [-0.4, -0.2) is 0 Å². The van der Waals surface area contributed by atoms with Crippen LogP contribution in [0.1, 0.15) is 25.0 Å². The highest BCUT2D eigenvalue weighted by Gasteiger charge is 2.36. The third-order valence-electron chi connectivity index (χ3n) is 10.2. The summed E-state index contributed by atoms with van der Waals surface area (Å²) in [5, 5.41) is 4.99. The molecule has 0 saturated carbocycles. The molecular weight excluding hydrogens is 579 g/mol. The van der Waals surface area contributed by atoms with Gasteiger partial charge in [-0.15, -0.1) is 0 Å². The smallest absolute Gasteiger partial charge is 0.0468 e. The normalized spacial score (nSPS) is 13.0. The number of nitrogens with zero attached hydrogens (tertiary/aromatic N) is 1. The number of hydrogen-bond donors (Lipinski definition) is 0. The maximum atomic E-state index is 2.37. The van der Waals surface area contributed by atoms with Crippen molar-refractivity contribution >= 4 is 38.6 Å². The predicted octanol–water partition coefficient (Wildman–Crippen LogP) is 13.1. The largest absolute Gasteiger partial charge is 0.310 e. The molecule has 0 radical (unpaired) electrons. The van der Waals surface area contributed by atoms with E-state index < -0.39 is 0 Å². The number of benzene rings is 8. The summed E-state index contributed by atoms with van der Waals surface area (Å²) in [5.41, 5.74) is 13.8. The number of hydrogen-bond acceptors (Lipinski definition) is 1. The monoisotopic (exact) mass is 613 g/mol. The summed E-state index contributed by atoms with van der Waals surface area (Å²) < 4.78 is 0. The standard InChI is InChI=1S/C47H35N/c1-47(2)44-16-8-7-14-43(44)46-42(15-9-17-45(46)47)35-23-27-40(28-24-35)48(41-29-22-33-11-4-6-13-37(33)31-41)39-25-20-34(21-26-39)38-19-18-32-10-3-5-12-36(32)30-38/h3-31H,1-2H3. The second-order valence-electron chi connectivity index (χ2n) is 13.4. The molecule has 1 nitrogen and oxygen atoms in total. The van der Waals surface area contributed by atoms with Crippen molar-refractivity contribution in [2.24, 2.45) is 0 Å². The van der Waals surface area contributed by atoms with Gasteiger partial charge in [0.05, 0.1) is 0 Å². The lowest BCUT2D eigenvalue weighted by molar-refractivity contribution is 0.660. The van der Waals surface area contributed by atoms with Crippen LogP contribution in [0.4, 0.5) is 17.1 Å². The zero-order valence-corrected chi connectivity index (χ0v) is 27.2. The third kappa shape index (κ3) is 4.62. The molecule has 0 aromatic heterocycles. The van der Waals surface area contributed by atoms with Gasteiger partial charge in [-0.2, -0.15) is 0 Å². The molecule has 0 atom stereocenters. The fourth-order valence-electron chi connectivity index (χ4n) is 7.72. The quantitative estimate of drug-likeness (QED) is 0.187. The first-order valence-corrected chi connectivity index (χ1v) is 16.8. The Morgan fingerprint density at radius 2 is 0.854 bits per heavy atom. The van der Waals surface area contributed by atoms with Crippen molar-refractivity contribution in [2.75, 3.05) is 4.90 Å². The van der Waals surface area contributed by atoms with Crippen molar-refractivity contribution in [1.82, 2.24) is 0 Å². The van der Waals surface area contributed by atoms with Crippen LogP contribution < -0.4 is 4.90 Å². The zero-order chi connectivity index (χ0) is 32.2. The maximum Gasteiger partial charge on any atom is 0.0468 e. The van der Waals surface area contributed by atoms with Crippen LogP contribution in [0, 0.1) is 0 Å². The van der Waals surface area contributed by atoms with E-state index >= 15 is 0 Å². The molecule has 8 aromatic rings. The van der Waals surface area contributed by atoms with Crippen molar-refractivity contribution in [3.8, 4) is 33.4 Å². The Labute approximate surface area is 282 Å². The summed E-state index contributed by atoms with van der Waals surface area (Å²) in [4.78, 5) is 2.37. The van der Waals surface area contributed by atoms with Crippen molar-refractivity contribution in [2.45, 2.75) is 19.3 Å². The highest BCUT2D eigenvalue weighted by atomic mass is 15.1. The minimum atomic E-state index is -0.0201. The molecule has 48 heavy (non-hydrogen) atoms. The zero-order valence-electron chi connectivity index (χ0n) is 27.2. The molecule has 9 rings (SSSR count). The van der Waals surface area contributed by atoms with E-state index in [0.29, 0.717) is 0 Å². The summed E-state index contributed by atoms with van der Waals surface area (Å²) in [6.07, 6.45) is 0. The van der Waals surface area contributed by atoms with Crippen LogP contribution in [-0.2, 0) is 5.41 Å². The number of anilines is 3. The molecule has 0 aliphatic heterocycles. The van der Waals surface area contributed by atoms with Crippen LogP contribution in [0.15, 0.2) is 176 Å². The molecule has 0 unspecified atom stereocenters. The van der Waals surface area contributed by atoms with Crippen molar-refractivity contribution in [1.29, 1.82) is 0 Å². The Morgan fingerprint density at radius 3 is 1.56 bits per heavy atom. The van der Waals surface area contributed by atoms with E-state index in [9.17, 15) is 0 Å². The van der Waals surface area contributed by atoms with Gasteiger partial charge in [0.25, 0.3) is 0 Å². The van der Waals surface area contributed by atoms with Gasteiger partial charge in [0.2, 0.25) is 0 Å². The molecule has 1 heteroatoms. The summed E-state index contributed by atoms with van der Waals surface area (Å²) >= 11 is 0. The van der Waals surface area contributed by atoms with E-state index in [1.54, 1.807) is 0 Å². The molecule has 1 aliphatic rings. The SMILES string of the molecule is CC1(C)c2ccccc2-c2c(-c3ccc(N(c4ccc(-c5ccc6ccccc6c5)cc4)c4ccc5ccccc5c4)cc3)cccc21. The highest BCUT2D eigenvalue weighted by Crippen LogP contribution is 2.52. The third-order valence-corrected chi connectivity index (χ3v) is 10.2. The topological polar surface area (TPSA) is 3.24 Å². The minimum absolute atomic E-state index is 0.0201. The van der Waals surface area contributed by atoms with Gasteiger partial charge in [0.15, 0.2) is 0 Å². The van der Waals surface area contributed by atoms with E-state index in [1.807, 2.05) is 0 Å². The first-order chi connectivity index (χ1) is 23.5. The number of rotatable bonds is 5. The highest BCUT2D eigenvalue weighted by molar-refractivity contribution is 5.94. The fraction of sp³-hybridized carbons (Fsp3) is 0.0638. The van der Waals surface area contributed by atoms with Crippen molar-refractivity contribution in [3.05, 3.63) is 187 Å². The average Bonchev–Trinajstić information content (AvgIpc) is 3.38. The molecular formula is C47H35N. The second kappa shape index (κ2) is 11.1. The lowest BCUT2D eigenvalue weighted by Gasteiger charge is -2.26. The van der Waals surface area contributed by atoms with Gasteiger partial charge in [-0.05, 0) is 109 Å². The molecule has 0 saturated heterocycles. The molecule has 0 heterocycles. The first-order valence-electron chi connectivity index (χ1n) is 16.8. The van der Waals surface area contributed by atoms with Crippen LogP contribution in [0.3, 0.4) is 0 Å². The molecule has 1 aliphatic carbocycles. The molecule has 0 spiro atoms. The summed E-state index contributed by atoms with van der Waals surface area (Å²) in [6.45, 7) is 4.69. The lowest BCUT2D eigenvalue weighted by Crippen LogP contribution is -2.14. The Balaban J connectivity index is 1.13. The second-order valence-corrected chi connectivity index (χ2v) is 13.4. The Hall–Kier alpha value is -5.92. The van der Waals surface area contributed by atoms with Crippen molar-refractivity contribution in [3.63, 3.8) is 0 Å². The fourth-order valence-corrected chi connectivity index (χ4v) is 7.72. The number of fused-ring (bicyclic) bond motifs is 5. The van der Waals surface area contributed by atoms with Crippen LogP contribution in [0.5, 0.6) is 0 Å². The van der Waals surface area contributed by atoms with Gasteiger partial charge in [0.1, 0.15) is 0 Å². The van der Waals surface area contributed by atoms with E-state index in [2.05, 4.69) is 195 Å². The van der Waals surface area contributed by atoms with Gasteiger partial charge in [-0.3, -0.25) is 0 Å². The van der Waals surface area contributed by atoms with E-state index in [0.717, 1.165) is 17.1 Å². The van der Waals surface area contributed by atoms with Gasteiger partial charge in [0, 0.05) is 22.5 Å². The van der Waals surface area contributed by atoms with E-state index in [4.69, 9.17) is 0 Å². The molecule has 0 N–H and O–H groups in total. The summed E-state index contributed by atoms with van der Waals surface area (Å²) in [5.74, 6) is 0. The lowest BCUT2D eigenvalue weighted by atomic mass is 9.82. The molecule has 0 bridgehead atoms. The molecule has 0 amide bonds.